The van der Waals surface area contributed by atoms with Crippen LogP contribution in [0.25, 0.3) is 0 Å². The minimum Gasteiger partial charge on any atom is -0.394 e. The standard InChI is InChI=1S/C14H16ClNOS/c1-2-12-6-7-14(18-12)13(9-17)16-11-5-3-4-10(15)8-11/h3-8,13,16-17H,2,9H2,1H3. The number of halogens is 1. The van der Waals surface area contributed by atoms with E-state index in [1.165, 1.54) is 4.88 Å². The van der Waals surface area contributed by atoms with Crippen molar-refractivity contribution in [3.05, 3.63) is 51.2 Å². The molecular weight excluding hydrogens is 266 g/mol. The monoisotopic (exact) mass is 281 g/mol. The Hall–Kier alpha value is -1.03. The molecule has 2 aromatic rings. The lowest BCUT2D eigenvalue weighted by Crippen LogP contribution is -2.13. The molecule has 0 saturated carbocycles. The first-order chi connectivity index (χ1) is 8.72. The smallest absolute Gasteiger partial charge is 0.0837 e. The van der Waals surface area contributed by atoms with Gasteiger partial charge in [-0.3, -0.25) is 0 Å². The van der Waals surface area contributed by atoms with Crippen molar-refractivity contribution in [3.63, 3.8) is 0 Å². The van der Waals surface area contributed by atoms with Crippen molar-refractivity contribution in [1.82, 2.24) is 0 Å². The van der Waals surface area contributed by atoms with Crippen LogP contribution in [0, 0.1) is 0 Å². The summed E-state index contributed by atoms with van der Waals surface area (Å²) >= 11 is 7.68. The molecular formula is C14H16ClNOS. The number of anilines is 1. The van der Waals surface area contributed by atoms with Gasteiger partial charge in [0.15, 0.2) is 0 Å². The Kier molecular flexibility index (Phi) is 4.64. The van der Waals surface area contributed by atoms with Crippen molar-refractivity contribution in [2.45, 2.75) is 19.4 Å². The third kappa shape index (κ3) is 3.25. The summed E-state index contributed by atoms with van der Waals surface area (Å²) in [6, 6.07) is 11.6. The van der Waals surface area contributed by atoms with E-state index in [1.807, 2.05) is 24.3 Å². The Bertz CT molecular complexity index is 512. The van der Waals surface area contributed by atoms with Crippen molar-refractivity contribution in [2.24, 2.45) is 0 Å². The first-order valence-corrected chi connectivity index (χ1v) is 7.14. The van der Waals surface area contributed by atoms with Crippen LogP contribution in [-0.4, -0.2) is 11.7 Å². The van der Waals surface area contributed by atoms with E-state index in [-0.39, 0.29) is 12.6 Å². The Balaban J connectivity index is 2.14. The molecule has 1 atom stereocenters. The number of nitrogens with one attached hydrogen (secondary N) is 1. The van der Waals surface area contributed by atoms with Gasteiger partial charge in [0.25, 0.3) is 0 Å². The van der Waals surface area contributed by atoms with E-state index in [0.717, 1.165) is 17.0 Å². The quantitative estimate of drug-likeness (QED) is 0.864. The van der Waals surface area contributed by atoms with Crippen molar-refractivity contribution >= 4 is 28.6 Å². The van der Waals surface area contributed by atoms with Crippen molar-refractivity contribution in [2.75, 3.05) is 11.9 Å². The van der Waals surface area contributed by atoms with Crippen LogP contribution in [0.4, 0.5) is 5.69 Å². The number of benzene rings is 1. The van der Waals surface area contributed by atoms with Gasteiger partial charge in [-0.05, 0) is 36.8 Å². The molecule has 1 aromatic carbocycles. The fraction of sp³-hybridized carbons (Fsp3) is 0.286. The highest BCUT2D eigenvalue weighted by atomic mass is 35.5. The Labute approximate surface area is 116 Å². The van der Waals surface area contributed by atoms with Gasteiger partial charge in [0, 0.05) is 20.5 Å². The number of aryl methyl sites for hydroxylation is 1. The molecule has 96 valence electrons. The summed E-state index contributed by atoms with van der Waals surface area (Å²) < 4.78 is 0. The highest BCUT2D eigenvalue weighted by molar-refractivity contribution is 7.12. The SMILES string of the molecule is CCc1ccc(C(CO)Nc2cccc(Cl)c2)s1. The van der Waals surface area contributed by atoms with Gasteiger partial charge in [-0.2, -0.15) is 0 Å². The molecule has 1 heterocycles. The average molecular weight is 282 g/mol. The third-order valence-electron chi connectivity index (χ3n) is 2.72. The molecule has 1 unspecified atom stereocenters. The van der Waals surface area contributed by atoms with Crippen LogP contribution in [0.5, 0.6) is 0 Å². The zero-order valence-corrected chi connectivity index (χ0v) is 11.8. The predicted molar refractivity (Wildman–Crippen MR) is 78.6 cm³/mol. The number of aliphatic hydroxyl groups excluding tert-OH is 1. The zero-order chi connectivity index (χ0) is 13.0. The molecule has 0 aliphatic rings. The van der Waals surface area contributed by atoms with E-state index in [0.29, 0.717) is 5.02 Å². The normalized spacial score (nSPS) is 12.4. The molecule has 18 heavy (non-hydrogen) atoms. The van der Waals surface area contributed by atoms with E-state index in [4.69, 9.17) is 11.6 Å². The lowest BCUT2D eigenvalue weighted by atomic mass is 10.2. The van der Waals surface area contributed by atoms with E-state index in [9.17, 15) is 5.11 Å². The zero-order valence-electron chi connectivity index (χ0n) is 10.2. The molecule has 2 rings (SSSR count). The van der Waals surface area contributed by atoms with Gasteiger partial charge in [-0.25, -0.2) is 0 Å². The van der Waals surface area contributed by atoms with E-state index in [2.05, 4.69) is 24.4 Å². The Morgan fingerprint density at radius 1 is 1.33 bits per heavy atom. The van der Waals surface area contributed by atoms with Crippen LogP contribution in [0.2, 0.25) is 5.02 Å². The summed E-state index contributed by atoms with van der Waals surface area (Å²) in [4.78, 5) is 2.48. The van der Waals surface area contributed by atoms with Gasteiger partial charge < -0.3 is 10.4 Å². The second-order valence-electron chi connectivity index (χ2n) is 4.05. The predicted octanol–water partition coefficient (Wildman–Crippen LogP) is 4.11. The highest BCUT2D eigenvalue weighted by Crippen LogP contribution is 2.27. The lowest BCUT2D eigenvalue weighted by molar-refractivity contribution is 0.278. The third-order valence-corrected chi connectivity index (χ3v) is 4.30. The van der Waals surface area contributed by atoms with E-state index >= 15 is 0 Å². The molecule has 4 heteroatoms. The molecule has 0 fully saturated rings. The molecule has 0 radical (unpaired) electrons. The minimum absolute atomic E-state index is 0.0657. The number of thiophene rings is 1. The maximum absolute atomic E-state index is 9.50. The molecule has 0 bridgehead atoms. The van der Waals surface area contributed by atoms with Crippen LogP contribution in [0.15, 0.2) is 36.4 Å². The summed E-state index contributed by atoms with van der Waals surface area (Å²) in [5, 5.41) is 13.5. The van der Waals surface area contributed by atoms with Gasteiger partial charge in [0.1, 0.15) is 0 Å². The lowest BCUT2D eigenvalue weighted by Gasteiger charge is -2.16. The van der Waals surface area contributed by atoms with Crippen LogP contribution >= 0.6 is 22.9 Å². The average Bonchev–Trinajstić information content (AvgIpc) is 2.84. The Morgan fingerprint density at radius 3 is 2.78 bits per heavy atom. The molecule has 1 aromatic heterocycles. The van der Waals surface area contributed by atoms with Gasteiger partial charge in [0.05, 0.1) is 12.6 Å². The largest absolute Gasteiger partial charge is 0.394 e. The second-order valence-corrected chi connectivity index (χ2v) is 5.68. The summed E-state index contributed by atoms with van der Waals surface area (Å²) in [5.41, 5.74) is 0.924. The summed E-state index contributed by atoms with van der Waals surface area (Å²) in [6.45, 7) is 2.20. The van der Waals surface area contributed by atoms with Crippen molar-refractivity contribution in [3.8, 4) is 0 Å². The summed E-state index contributed by atoms with van der Waals surface area (Å²) in [7, 11) is 0. The van der Waals surface area contributed by atoms with E-state index < -0.39 is 0 Å². The van der Waals surface area contributed by atoms with Crippen molar-refractivity contribution < 1.29 is 5.11 Å². The van der Waals surface area contributed by atoms with Crippen LogP contribution < -0.4 is 5.32 Å². The van der Waals surface area contributed by atoms with Crippen LogP contribution in [-0.2, 0) is 6.42 Å². The molecule has 0 amide bonds. The molecule has 0 aliphatic heterocycles. The maximum Gasteiger partial charge on any atom is 0.0837 e. The van der Waals surface area contributed by atoms with Gasteiger partial charge >= 0.3 is 0 Å². The van der Waals surface area contributed by atoms with Crippen molar-refractivity contribution in [1.29, 1.82) is 0 Å². The molecule has 0 aliphatic carbocycles. The topological polar surface area (TPSA) is 32.3 Å². The minimum atomic E-state index is -0.0752. The first kappa shape index (κ1) is 13.4. The van der Waals surface area contributed by atoms with Crippen LogP contribution in [0.3, 0.4) is 0 Å². The van der Waals surface area contributed by atoms with Gasteiger partial charge in [-0.1, -0.05) is 24.6 Å². The molecule has 0 saturated heterocycles. The van der Waals surface area contributed by atoms with E-state index in [1.54, 1.807) is 11.3 Å². The summed E-state index contributed by atoms with van der Waals surface area (Å²) in [6.07, 6.45) is 1.03. The number of rotatable bonds is 5. The summed E-state index contributed by atoms with van der Waals surface area (Å²) in [5.74, 6) is 0. The number of hydrogen-bond donors (Lipinski definition) is 2. The molecule has 0 spiro atoms. The van der Waals surface area contributed by atoms with Gasteiger partial charge in [-0.15, -0.1) is 11.3 Å². The molecule has 2 N–H and O–H groups in total. The Morgan fingerprint density at radius 2 is 2.17 bits per heavy atom. The van der Waals surface area contributed by atoms with Gasteiger partial charge in [0.2, 0.25) is 0 Å². The molecule has 2 nitrogen and oxygen atoms in total. The number of aliphatic hydroxyl groups is 1. The fourth-order valence-corrected chi connectivity index (χ4v) is 2.94. The second kappa shape index (κ2) is 6.23. The highest BCUT2D eigenvalue weighted by Gasteiger charge is 2.12. The fourth-order valence-electron chi connectivity index (χ4n) is 1.76. The van der Waals surface area contributed by atoms with Crippen LogP contribution in [0.1, 0.15) is 22.7 Å². The first-order valence-electron chi connectivity index (χ1n) is 5.94. The maximum atomic E-state index is 9.50. The number of hydrogen-bond acceptors (Lipinski definition) is 3.